The second-order valence-corrected chi connectivity index (χ2v) is 6.33. The number of hydrogen-bond acceptors (Lipinski definition) is 3. The van der Waals surface area contributed by atoms with Gasteiger partial charge in [-0.3, -0.25) is 9.59 Å². The standard InChI is InChI=1S/C19H17FN2O3/c20-12-5-6-14-15(9-18(23)22-16(14)8-12)19(24)21-10-13-7-11-3-1-2-4-17(11)25-13/h1-6,8,13,15H,7,9-10H2,(H,21,24)(H,22,23)/t13-,15-/m1/s1. The van der Waals surface area contributed by atoms with Crippen molar-refractivity contribution in [1.29, 1.82) is 0 Å². The van der Waals surface area contributed by atoms with Gasteiger partial charge in [0.25, 0.3) is 0 Å². The first-order chi connectivity index (χ1) is 12.1. The molecule has 2 aromatic rings. The highest BCUT2D eigenvalue weighted by Crippen LogP contribution is 2.33. The van der Waals surface area contributed by atoms with Gasteiger partial charge in [0.1, 0.15) is 17.7 Å². The molecule has 0 unspecified atom stereocenters. The van der Waals surface area contributed by atoms with Crippen LogP contribution in [0.1, 0.15) is 23.5 Å². The Morgan fingerprint density at radius 1 is 1.24 bits per heavy atom. The number of hydrogen-bond donors (Lipinski definition) is 2. The molecule has 6 heteroatoms. The summed E-state index contributed by atoms with van der Waals surface area (Å²) in [6.45, 7) is 0.363. The van der Waals surface area contributed by atoms with Crippen LogP contribution in [0, 0.1) is 5.82 Å². The van der Waals surface area contributed by atoms with Gasteiger partial charge >= 0.3 is 0 Å². The Morgan fingerprint density at radius 3 is 2.92 bits per heavy atom. The molecule has 2 aromatic carbocycles. The van der Waals surface area contributed by atoms with Gasteiger partial charge in [-0.05, 0) is 29.3 Å². The van der Waals surface area contributed by atoms with Crippen LogP contribution in [0.3, 0.4) is 0 Å². The van der Waals surface area contributed by atoms with E-state index in [0.29, 0.717) is 17.8 Å². The predicted molar refractivity (Wildman–Crippen MR) is 90.0 cm³/mol. The van der Waals surface area contributed by atoms with Crippen molar-refractivity contribution in [3.05, 3.63) is 59.4 Å². The van der Waals surface area contributed by atoms with E-state index in [1.54, 1.807) is 6.07 Å². The summed E-state index contributed by atoms with van der Waals surface area (Å²) in [5, 5.41) is 5.48. The largest absolute Gasteiger partial charge is 0.488 e. The molecular weight excluding hydrogens is 323 g/mol. The molecule has 0 spiro atoms. The van der Waals surface area contributed by atoms with Crippen LogP contribution < -0.4 is 15.4 Å². The summed E-state index contributed by atoms with van der Waals surface area (Å²) in [5.74, 6) is -0.755. The van der Waals surface area contributed by atoms with Crippen LogP contribution in [0.15, 0.2) is 42.5 Å². The molecule has 0 radical (unpaired) electrons. The summed E-state index contributed by atoms with van der Waals surface area (Å²) in [6.07, 6.45) is 0.672. The molecule has 0 aromatic heterocycles. The highest BCUT2D eigenvalue weighted by atomic mass is 19.1. The van der Waals surface area contributed by atoms with E-state index in [1.807, 2.05) is 24.3 Å². The lowest BCUT2D eigenvalue weighted by molar-refractivity contribution is -0.126. The maximum Gasteiger partial charge on any atom is 0.228 e. The fourth-order valence-corrected chi connectivity index (χ4v) is 3.38. The second kappa shape index (κ2) is 6.20. The van der Waals surface area contributed by atoms with Gasteiger partial charge < -0.3 is 15.4 Å². The minimum absolute atomic E-state index is 0.0518. The molecule has 128 valence electrons. The van der Waals surface area contributed by atoms with Crippen LogP contribution >= 0.6 is 0 Å². The molecule has 4 rings (SSSR count). The van der Waals surface area contributed by atoms with Gasteiger partial charge in [0.2, 0.25) is 11.8 Å². The fraction of sp³-hybridized carbons (Fsp3) is 0.263. The Morgan fingerprint density at radius 2 is 2.08 bits per heavy atom. The van der Waals surface area contributed by atoms with Crippen molar-refractivity contribution in [3.8, 4) is 5.75 Å². The molecule has 2 N–H and O–H groups in total. The minimum atomic E-state index is -0.617. The first-order valence-electron chi connectivity index (χ1n) is 8.22. The monoisotopic (exact) mass is 340 g/mol. The van der Waals surface area contributed by atoms with Gasteiger partial charge in [0.15, 0.2) is 0 Å². The van der Waals surface area contributed by atoms with Gasteiger partial charge in [-0.1, -0.05) is 24.3 Å². The number of ether oxygens (including phenoxy) is 1. The third kappa shape index (κ3) is 3.07. The van der Waals surface area contributed by atoms with Crippen LogP contribution in [0.5, 0.6) is 5.75 Å². The smallest absolute Gasteiger partial charge is 0.228 e. The quantitative estimate of drug-likeness (QED) is 0.901. The molecular formula is C19H17FN2O3. The third-order valence-corrected chi connectivity index (χ3v) is 4.59. The summed E-state index contributed by atoms with van der Waals surface area (Å²) in [4.78, 5) is 24.4. The number of rotatable bonds is 3. The predicted octanol–water partition coefficient (Wildman–Crippen LogP) is 2.37. The van der Waals surface area contributed by atoms with Crippen molar-refractivity contribution < 1.29 is 18.7 Å². The first kappa shape index (κ1) is 15.6. The SMILES string of the molecule is O=C1C[C@@H](C(=O)NC[C@H]2Cc3ccccc3O2)c2ccc(F)cc2N1. The number of anilines is 1. The topological polar surface area (TPSA) is 67.4 Å². The molecule has 2 heterocycles. The van der Waals surface area contributed by atoms with Gasteiger partial charge in [-0.2, -0.15) is 0 Å². The zero-order valence-electron chi connectivity index (χ0n) is 13.4. The number of carbonyl (C=O) groups is 2. The lowest BCUT2D eigenvalue weighted by Gasteiger charge is -2.25. The first-order valence-corrected chi connectivity index (χ1v) is 8.22. The van der Waals surface area contributed by atoms with Crippen molar-refractivity contribution in [2.45, 2.75) is 24.9 Å². The number of carbonyl (C=O) groups excluding carboxylic acids is 2. The number of fused-ring (bicyclic) bond motifs is 2. The molecule has 0 saturated heterocycles. The summed E-state index contributed by atoms with van der Waals surface area (Å²) < 4.78 is 19.2. The number of para-hydroxylation sites is 1. The van der Waals surface area contributed by atoms with Crippen LogP contribution in [0.2, 0.25) is 0 Å². The average Bonchev–Trinajstić information content (AvgIpc) is 3.01. The van der Waals surface area contributed by atoms with Gasteiger partial charge in [0.05, 0.1) is 12.5 Å². The lowest BCUT2D eigenvalue weighted by atomic mass is 9.89. The average molecular weight is 340 g/mol. The minimum Gasteiger partial charge on any atom is -0.488 e. The Labute approximate surface area is 144 Å². The molecule has 5 nitrogen and oxygen atoms in total. The van der Waals surface area contributed by atoms with E-state index in [4.69, 9.17) is 4.74 Å². The van der Waals surface area contributed by atoms with Crippen LogP contribution in [-0.2, 0) is 16.0 Å². The molecule has 25 heavy (non-hydrogen) atoms. The van der Waals surface area contributed by atoms with Crippen molar-refractivity contribution in [2.24, 2.45) is 0 Å². The second-order valence-electron chi connectivity index (χ2n) is 6.33. The van der Waals surface area contributed by atoms with E-state index in [9.17, 15) is 14.0 Å². The molecule has 0 fully saturated rings. The summed E-state index contributed by atoms with van der Waals surface area (Å²) in [6, 6.07) is 11.9. The van der Waals surface area contributed by atoms with E-state index in [-0.39, 0.29) is 24.3 Å². The zero-order valence-corrected chi connectivity index (χ0v) is 13.4. The van der Waals surface area contributed by atoms with E-state index >= 15 is 0 Å². The van der Waals surface area contributed by atoms with Crippen molar-refractivity contribution in [1.82, 2.24) is 5.32 Å². The summed E-state index contributed by atoms with van der Waals surface area (Å²) >= 11 is 0. The highest BCUT2D eigenvalue weighted by molar-refractivity contribution is 6.01. The third-order valence-electron chi connectivity index (χ3n) is 4.59. The number of nitrogens with one attached hydrogen (secondary N) is 2. The summed E-state index contributed by atoms with van der Waals surface area (Å²) in [5.41, 5.74) is 2.12. The highest BCUT2D eigenvalue weighted by Gasteiger charge is 2.32. The van der Waals surface area contributed by atoms with Gasteiger partial charge in [-0.15, -0.1) is 0 Å². The van der Waals surface area contributed by atoms with Crippen LogP contribution in [-0.4, -0.2) is 24.5 Å². The molecule has 2 aliphatic rings. The van der Waals surface area contributed by atoms with Crippen molar-refractivity contribution in [3.63, 3.8) is 0 Å². The number of amides is 2. The van der Waals surface area contributed by atoms with E-state index in [2.05, 4.69) is 10.6 Å². The summed E-state index contributed by atoms with van der Waals surface area (Å²) in [7, 11) is 0. The van der Waals surface area contributed by atoms with Crippen LogP contribution in [0.4, 0.5) is 10.1 Å². The van der Waals surface area contributed by atoms with E-state index < -0.39 is 11.7 Å². The normalized spacial score (nSPS) is 20.9. The molecule has 2 amide bonds. The molecule has 0 saturated carbocycles. The van der Waals surface area contributed by atoms with E-state index in [0.717, 1.165) is 17.7 Å². The van der Waals surface area contributed by atoms with Gasteiger partial charge in [-0.25, -0.2) is 4.39 Å². The van der Waals surface area contributed by atoms with Crippen LogP contribution in [0.25, 0.3) is 0 Å². The van der Waals surface area contributed by atoms with E-state index in [1.165, 1.54) is 12.1 Å². The number of benzene rings is 2. The van der Waals surface area contributed by atoms with Gasteiger partial charge in [0, 0.05) is 18.5 Å². The maximum atomic E-state index is 13.4. The lowest BCUT2D eigenvalue weighted by Crippen LogP contribution is -2.39. The number of halogens is 1. The zero-order chi connectivity index (χ0) is 17.4. The molecule has 2 aliphatic heterocycles. The Bertz CT molecular complexity index is 827. The Balaban J connectivity index is 1.43. The van der Waals surface area contributed by atoms with Crippen molar-refractivity contribution >= 4 is 17.5 Å². The molecule has 0 aliphatic carbocycles. The Hall–Kier alpha value is -2.89. The molecule has 0 bridgehead atoms. The molecule has 2 atom stereocenters. The maximum absolute atomic E-state index is 13.4. The Kier molecular flexibility index (Phi) is 3.87. The fourth-order valence-electron chi connectivity index (χ4n) is 3.38. The van der Waals surface area contributed by atoms with Crippen molar-refractivity contribution in [2.75, 3.05) is 11.9 Å².